The fourth-order valence-corrected chi connectivity index (χ4v) is 0.967. The molecule has 0 amide bonds. The van der Waals surface area contributed by atoms with Crippen LogP contribution < -0.4 is 0 Å². The van der Waals surface area contributed by atoms with Crippen molar-refractivity contribution in [2.75, 3.05) is 13.7 Å². The summed E-state index contributed by atoms with van der Waals surface area (Å²) >= 11 is 0. The van der Waals surface area contributed by atoms with Crippen LogP contribution in [0.2, 0.25) is 0 Å². The molecule has 1 atom stereocenters. The predicted octanol–water partition coefficient (Wildman–Crippen LogP) is 1.09. The van der Waals surface area contributed by atoms with Gasteiger partial charge < -0.3 is 4.89 Å². The SMILES string of the molecule is CCCOP(=O)(O)OOC. The monoisotopic (exact) mass is 170 g/mol. The van der Waals surface area contributed by atoms with Gasteiger partial charge in [-0.3, -0.25) is 4.52 Å². The van der Waals surface area contributed by atoms with Crippen molar-refractivity contribution < 1.29 is 23.5 Å². The van der Waals surface area contributed by atoms with Crippen LogP contribution in [0.1, 0.15) is 13.3 Å². The molecule has 1 N–H and O–H groups in total. The van der Waals surface area contributed by atoms with Gasteiger partial charge in [0.25, 0.3) is 0 Å². The van der Waals surface area contributed by atoms with Crippen molar-refractivity contribution in [3.8, 4) is 0 Å². The molecule has 5 nitrogen and oxygen atoms in total. The van der Waals surface area contributed by atoms with E-state index < -0.39 is 7.82 Å². The molecule has 0 bridgehead atoms. The normalized spacial score (nSPS) is 16.7. The fraction of sp³-hybridized carbons (Fsp3) is 1.00. The molecule has 0 fully saturated rings. The van der Waals surface area contributed by atoms with Gasteiger partial charge in [-0.05, 0) is 6.42 Å². The Morgan fingerprint density at radius 1 is 1.60 bits per heavy atom. The Balaban J connectivity index is 3.53. The molecule has 0 aromatic heterocycles. The van der Waals surface area contributed by atoms with E-state index in [1.54, 1.807) is 0 Å². The third-order valence-corrected chi connectivity index (χ3v) is 1.47. The van der Waals surface area contributed by atoms with Gasteiger partial charge in [-0.2, -0.15) is 0 Å². The third kappa shape index (κ3) is 4.90. The highest BCUT2D eigenvalue weighted by Gasteiger charge is 2.20. The van der Waals surface area contributed by atoms with Crippen LogP contribution in [0.5, 0.6) is 0 Å². The molecular formula is C4H11O5P. The number of hydrogen-bond donors (Lipinski definition) is 1. The highest BCUT2D eigenvalue weighted by molar-refractivity contribution is 7.47. The largest absolute Gasteiger partial charge is 0.499 e. The quantitative estimate of drug-likeness (QED) is 0.380. The van der Waals surface area contributed by atoms with E-state index in [1.807, 2.05) is 6.92 Å². The molecule has 0 saturated carbocycles. The maximum atomic E-state index is 10.6. The van der Waals surface area contributed by atoms with E-state index in [1.165, 1.54) is 0 Å². The summed E-state index contributed by atoms with van der Waals surface area (Å²) in [5, 5.41) is 0. The summed E-state index contributed by atoms with van der Waals surface area (Å²) in [6, 6.07) is 0. The Morgan fingerprint density at radius 3 is 2.60 bits per heavy atom. The Morgan fingerprint density at radius 2 is 2.20 bits per heavy atom. The second-order valence-corrected chi connectivity index (χ2v) is 2.89. The van der Waals surface area contributed by atoms with E-state index in [2.05, 4.69) is 14.1 Å². The highest BCUT2D eigenvalue weighted by atomic mass is 31.2. The minimum absolute atomic E-state index is 0.178. The smallest absolute Gasteiger partial charge is 0.301 e. The maximum Gasteiger partial charge on any atom is 0.499 e. The molecule has 0 aliphatic heterocycles. The molecule has 10 heavy (non-hydrogen) atoms. The molecule has 0 aliphatic rings. The van der Waals surface area contributed by atoms with Gasteiger partial charge in [0, 0.05) is 0 Å². The molecule has 0 aromatic carbocycles. The van der Waals surface area contributed by atoms with Gasteiger partial charge >= 0.3 is 7.82 Å². The van der Waals surface area contributed by atoms with Crippen LogP contribution in [-0.2, 0) is 18.7 Å². The number of rotatable bonds is 5. The number of phosphoric ester groups is 1. The molecule has 0 saturated heterocycles. The minimum atomic E-state index is -3.93. The lowest BCUT2D eigenvalue weighted by atomic mass is 10.5. The van der Waals surface area contributed by atoms with Gasteiger partial charge in [-0.15, -0.1) is 4.67 Å². The maximum absolute atomic E-state index is 10.6. The number of hydrogen-bond acceptors (Lipinski definition) is 4. The first-order valence-corrected chi connectivity index (χ1v) is 4.31. The second-order valence-electron chi connectivity index (χ2n) is 1.54. The molecule has 62 valence electrons. The average Bonchev–Trinajstić information content (AvgIpc) is 1.84. The molecule has 0 aromatic rings. The first-order valence-electron chi connectivity index (χ1n) is 2.82. The van der Waals surface area contributed by atoms with E-state index in [0.29, 0.717) is 6.42 Å². The Kier molecular flexibility index (Phi) is 4.85. The van der Waals surface area contributed by atoms with E-state index in [4.69, 9.17) is 4.89 Å². The molecule has 1 unspecified atom stereocenters. The van der Waals surface area contributed by atoms with Crippen LogP contribution in [0.25, 0.3) is 0 Å². The standard InChI is InChI=1S/C4H11O5P/c1-3-4-8-10(5,6)9-7-2/h3-4H2,1-2H3,(H,5,6). The zero-order valence-electron chi connectivity index (χ0n) is 5.94. The summed E-state index contributed by atoms with van der Waals surface area (Å²) in [5.74, 6) is 0. The van der Waals surface area contributed by atoms with Crippen molar-refractivity contribution >= 4 is 7.82 Å². The molecule has 6 heteroatoms. The van der Waals surface area contributed by atoms with Gasteiger partial charge in [0.1, 0.15) is 0 Å². The lowest BCUT2D eigenvalue weighted by Crippen LogP contribution is -1.94. The van der Waals surface area contributed by atoms with Gasteiger partial charge in [-0.25, -0.2) is 9.45 Å². The zero-order valence-corrected chi connectivity index (χ0v) is 6.84. The van der Waals surface area contributed by atoms with Gasteiger partial charge in [0.15, 0.2) is 0 Å². The van der Waals surface area contributed by atoms with E-state index in [9.17, 15) is 4.57 Å². The summed E-state index contributed by atoms with van der Waals surface area (Å²) < 4.78 is 18.9. The fourth-order valence-electron chi connectivity index (χ4n) is 0.322. The highest BCUT2D eigenvalue weighted by Crippen LogP contribution is 2.42. The molecule has 0 heterocycles. The van der Waals surface area contributed by atoms with E-state index in [0.717, 1.165) is 7.11 Å². The second kappa shape index (κ2) is 4.82. The Hall–Kier alpha value is 0.0700. The van der Waals surface area contributed by atoms with E-state index in [-0.39, 0.29) is 6.61 Å². The molecule has 0 aliphatic carbocycles. The van der Waals surface area contributed by atoms with Crippen LogP contribution >= 0.6 is 7.82 Å². The average molecular weight is 170 g/mol. The summed E-state index contributed by atoms with van der Waals surface area (Å²) in [5.41, 5.74) is 0. The third-order valence-electron chi connectivity index (χ3n) is 0.627. The van der Waals surface area contributed by atoms with Gasteiger partial charge in [0.2, 0.25) is 0 Å². The van der Waals surface area contributed by atoms with Crippen molar-refractivity contribution in [1.82, 2.24) is 0 Å². The van der Waals surface area contributed by atoms with Crippen molar-refractivity contribution in [3.05, 3.63) is 0 Å². The van der Waals surface area contributed by atoms with E-state index >= 15 is 0 Å². The summed E-state index contributed by atoms with van der Waals surface area (Å²) in [7, 11) is -2.79. The van der Waals surface area contributed by atoms with Gasteiger partial charge in [0.05, 0.1) is 13.7 Å². The first-order chi connectivity index (χ1) is 4.62. The Labute approximate surface area is 59.4 Å². The molecular weight excluding hydrogens is 159 g/mol. The Bertz CT molecular complexity index is 125. The lowest BCUT2D eigenvalue weighted by Gasteiger charge is -2.07. The zero-order chi connectivity index (χ0) is 8.04. The minimum Gasteiger partial charge on any atom is -0.301 e. The van der Waals surface area contributed by atoms with Crippen molar-refractivity contribution in [3.63, 3.8) is 0 Å². The van der Waals surface area contributed by atoms with Crippen molar-refractivity contribution in [2.24, 2.45) is 0 Å². The predicted molar refractivity (Wildman–Crippen MR) is 34.2 cm³/mol. The summed E-state index contributed by atoms with van der Waals surface area (Å²) in [6.45, 7) is 1.99. The van der Waals surface area contributed by atoms with Gasteiger partial charge in [-0.1, -0.05) is 6.92 Å². The molecule has 0 radical (unpaired) electrons. The van der Waals surface area contributed by atoms with Crippen LogP contribution in [0.3, 0.4) is 0 Å². The summed E-state index contributed by atoms with van der Waals surface area (Å²) in [4.78, 5) is 12.6. The topological polar surface area (TPSA) is 65.0 Å². The molecule has 0 spiro atoms. The van der Waals surface area contributed by atoms with Crippen molar-refractivity contribution in [2.45, 2.75) is 13.3 Å². The lowest BCUT2D eigenvalue weighted by molar-refractivity contribution is -0.198. The van der Waals surface area contributed by atoms with Crippen molar-refractivity contribution in [1.29, 1.82) is 0 Å². The summed E-state index contributed by atoms with van der Waals surface area (Å²) in [6.07, 6.45) is 0.650. The van der Waals surface area contributed by atoms with Crippen LogP contribution in [0, 0.1) is 0 Å². The molecule has 0 rings (SSSR count). The first kappa shape index (κ1) is 10.1. The van der Waals surface area contributed by atoms with Crippen LogP contribution in [0.15, 0.2) is 0 Å². The van der Waals surface area contributed by atoms with Crippen LogP contribution in [-0.4, -0.2) is 18.6 Å². The van der Waals surface area contributed by atoms with Crippen LogP contribution in [0.4, 0.5) is 0 Å². The number of phosphoric acid groups is 1.